The zero-order chi connectivity index (χ0) is 23.7. The number of benzene rings is 2. The van der Waals surface area contributed by atoms with Crippen molar-refractivity contribution >= 4 is 28.5 Å². The number of carbonyl (C=O) groups excluding carboxylic acids is 1. The fourth-order valence-electron chi connectivity index (χ4n) is 4.20. The molecule has 33 heavy (non-hydrogen) atoms. The first kappa shape index (κ1) is 23.1. The van der Waals surface area contributed by atoms with Crippen molar-refractivity contribution < 1.29 is 23.8 Å². The molecule has 2 heterocycles. The number of halogens is 1. The van der Waals surface area contributed by atoms with Gasteiger partial charge in [-0.1, -0.05) is 17.7 Å². The number of nitrogens with zero attached hydrogens (tertiary/aromatic N) is 1. The second-order valence-electron chi connectivity index (χ2n) is 7.82. The number of amides is 1. The van der Waals surface area contributed by atoms with Crippen LogP contribution in [0.2, 0.25) is 5.02 Å². The average molecular weight is 472 g/mol. The van der Waals surface area contributed by atoms with Crippen LogP contribution in [0, 0.1) is 6.92 Å². The number of aliphatic hydroxyl groups is 1. The molecule has 1 aliphatic heterocycles. The Labute approximate surface area is 196 Å². The highest BCUT2D eigenvalue weighted by Crippen LogP contribution is 2.41. The maximum atomic E-state index is 13.6. The Morgan fingerprint density at radius 3 is 2.52 bits per heavy atom. The molecule has 1 aliphatic rings. The molecule has 0 bridgehead atoms. The van der Waals surface area contributed by atoms with Crippen LogP contribution in [0.5, 0.6) is 11.5 Å². The Hall–Kier alpha value is -3.03. The number of ether oxygens (including phenoxy) is 2. The molecule has 0 saturated heterocycles. The standard InChI is InChI=1S/C25H26ClNO6/c1-4-31-18-8-7-15(12-20(18)32-5-2)22-21-23(29)16-13-17(26)14(3)11-19(16)33-24(21)25(30)27(22)9-6-10-28/h7-8,11-13,22,28H,4-6,9-10H2,1-3H3. The molecule has 7 nitrogen and oxygen atoms in total. The molecule has 0 spiro atoms. The summed E-state index contributed by atoms with van der Waals surface area (Å²) in [5.41, 5.74) is 1.72. The summed E-state index contributed by atoms with van der Waals surface area (Å²) in [5, 5.41) is 10.2. The first-order valence-electron chi connectivity index (χ1n) is 11.0. The van der Waals surface area contributed by atoms with E-state index >= 15 is 0 Å². The summed E-state index contributed by atoms with van der Waals surface area (Å²) in [7, 11) is 0. The van der Waals surface area contributed by atoms with Gasteiger partial charge in [-0.25, -0.2) is 0 Å². The van der Waals surface area contributed by atoms with Gasteiger partial charge in [0, 0.05) is 18.2 Å². The number of carbonyl (C=O) groups is 1. The van der Waals surface area contributed by atoms with Gasteiger partial charge in [0.25, 0.3) is 5.91 Å². The van der Waals surface area contributed by atoms with Gasteiger partial charge in [0.15, 0.2) is 16.9 Å². The summed E-state index contributed by atoms with van der Waals surface area (Å²) in [6, 6.07) is 7.95. The zero-order valence-corrected chi connectivity index (χ0v) is 19.6. The first-order chi connectivity index (χ1) is 15.9. The number of fused-ring (bicyclic) bond motifs is 2. The number of rotatable bonds is 8. The van der Waals surface area contributed by atoms with Crippen molar-refractivity contribution in [3.63, 3.8) is 0 Å². The Bertz CT molecular complexity index is 1270. The van der Waals surface area contributed by atoms with Crippen molar-refractivity contribution in [2.45, 2.75) is 33.2 Å². The molecule has 0 aliphatic carbocycles. The smallest absolute Gasteiger partial charge is 0.290 e. The minimum Gasteiger partial charge on any atom is -0.490 e. The van der Waals surface area contributed by atoms with E-state index in [9.17, 15) is 14.7 Å². The summed E-state index contributed by atoms with van der Waals surface area (Å²) in [6.45, 7) is 6.65. The van der Waals surface area contributed by atoms with Crippen molar-refractivity contribution in [3.05, 3.63) is 68.0 Å². The molecule has 0 saturated carbocycles. The van der Waals surface area contributed by atoms with Crippen molar-refractivity contribution in [2.24, 2.45) is 0 Å². The average Bonchev–Trinajstić information content (AvgIpc) is 3.07. The normalized spacial score (nSPS) is 15.2. The van der Waals surface area contributed by atoms with Crippen molar-refractivity contribution in [1.82, 2.24) is 4.90 Å². The molecule has 0 fully saturated rings. The predicted molar refractivity (Wildman–Crippen MR) is 126 cm³/mol. The van der Waals surface area contributed by atoms with Crippen molar-refractivity contribution in [3.8, 4) is 11.5 Å². The lowest BCUT2D eigenvalue weighted by Crippen LogP contribution is -2.31. The fraction of sp³-hybridized carbons (Fsp3) is 0.360. The third-order valence-corrected chi connectivity index (χ3v) is 6.09. The van der Waals surface area contributed by atoms with Crippen molar-refractivity contribution in [1.29, 1.82) is 0 Å². The second-order valence-corrected chi connectivity index (χ2v) is 8.23. The van der Waals surface area contributed by atoms with Crippen LogP contribution in [-0.4, -0.2) is 42.3 Å². The van der Waals surface area contributed by atoms with Gasteiger partial charge in [0.2, 0.25) is 5.76 Å². The first-order valence-corrected chi connectivity index (χ1v) is 11.4. The zero-order valence-electron chi connectivity index (χ0n) is 18.8. The largest absolute Gasteiger partial charge is 0.490 e. The van der Waals surface area contributed by atoms with Crippen LogP contribution in [0.1, 0.15) is 53.6 Å². The molecule has 8 heteroatoms. The van der Waals surface area contributed by atoms with Gasteiger partial charge in [0.05, 0.1) is 30.2 Å². The quantitative estimate of drug-likeness (QED) is 0.521. The third-order valence-electron chi connectivity index (χ3n) is 5.69. The number of hydrogen-bond acceptors (Lipinski definition) is 6. The van der Waals surface area contributed by atoms with E-state index in [1.165, 1.54) is 0 Å². The molecule has 1 N–H and O–H groups in total. The minimum atomic E-state index is -0.685. The van der Waals surface area contributed by atoms with E-state index in [2.05, 4.69) is 0 Å². The molecule has 1 amide bonds. The second kappa shape index (κ2) is 9.45. The highest BCUT2D eigenvalue weighted by atomic mass is 35.5. The molecule has 1 atom stereocenters. The molecule has 4 rings (SSSR count). The fourth-order valence-corrected chi connectivity index (χ4v) is 4.36. The maximum absolute atomic E-state index is 13.6. The monoisotopic (exact) mass is 471 g/mol. The number of aryl methyl sites for hydroxylation is 1. The molecule has 2 aromatic carbocycles. The van der Waals surface area contributed by atoms with Gasteiger partial charge in [-0.3, -0.25) is 9.59 Å². The summed E-state index contributed by atoms with van der Waals surface area (Å²) in [6.07, 6.45) is 0.365. The lowest BCUT2D eigenvalue weighted by molar-refractivity contribution is 0.0716. The molecule has 1 aromatic heterocycles. The maximum Gasteiger partial charge on any atom is 0.290 e. The van der Waals surface area contributed by atoms with Crippen molar-refractivity contribution in [2.75, 3.05) is 26.4 Å². The Balaban J connectivity index is 1.94. The van der Waals surface area contributed by atoms with E-state index in [1.54, 1.807) is 29.2 Å². The van der Waals surface area contributed by atoms with Crippen LogP contribution in [0.3, 0.4) is 0 Å². The lowest BCUT2D eigenvalue weighted by Gasteiger charge is -2.25. The molecule has 174 valence electrons. The summed E-state index contributed by atoms with van der Waals surface area (Å²) in [5.74, 6) is 0.747. The van der Waals surface area contributed by atoms with Crippen LogP contribution >= 0.6 is 11.6 Å². The van der Waals surface area contributed by atoms with Gasteiger partial charge >= 0.3 is 0 Å². The highest BCUT2D eigenvalue weighted by Gasteiger charge is 2.42. The van der Waals surface area contributed by atoms with Crippen LogP contribution in [-0.2, 0) is 0 Å². The Morgan fingerprint density at radius 2 is 1.82 bits per heavy atom. The van der Waals surface area contributed by atoms with E-state index in [0.29, 0.717) is 52.7 Å². The van der Waals surface area contributed by atoms with Gasteiger partial charge < -0.3 is 23.9 Å². The summed E-state index contributed by atoms with van der Waals surface area (Å²) in [4.78, 5) is 28.5. The van der Waals surface area contributed by atoms with Crippen LogP contribution in [0.4, 0.5) is 0 Å². The Morgan fingerprint density at radius 1 is 1.09 bits per heavy atom. The van der Waals surface area contributed by atoms with E-state index in [4.69, 9.17) is 25.5 Å². The van der Waals surface area contributed by atoms with Gasteiger partial charge in [-0.15, -0.1) is 0 Å². The SMILES string of the molecule is CCOc1ccc(C2c3c(oc4cc(C)c(Cl)cc4c3=O)C(=O)N2CCCO)cc1OCC. The molecular formula is C25H26ClNO6. The number of aliphatic hydroxyl groups excluding tert-OH is 1. The van der Waals surface area contributed by atoms with E-state index in [1.807, 2.05) is 26.8 Å². The van der Waals surface area contributed by atoms with Gasteiger partial charge in [-0.2, -0.15) is 0 Å². The van der Waals surface area contributed by atoms with Crippen LogP contribution in [0.15, 0.2) is 39.5 Å². The van der Waals surface area contributed by atoms with E-state index in [-0.39, 0.29) is 35.8 Å². The lowest BCUT2D eigenvalue weighted by atomic mass is 9.97. The van der Waals surface area contributed by atoms with Crippen LogP contribution in [0.25, 0.3) is 11.0 Å². The van der Waals surface area contributed by atoms with Gasteiger partial charge in [-0.05, 0) is 62.6 Å². The highest BCUT2D eigenvalue weighted by molar-refractivity contribution is 6.32. The molecule has 1 unspecified atom stereocenters. The number of hydrogen-bond donors (Lipinski definition) is 1. The molecular weight excluding hydrogens is 446 g/mol. The van der Waals surface area contributed by atoms with Crippen LogP contribution < -0.4 is 14.9 Å². The van der Waals surface area contributed by atoms with Gasteiger partial charge in [0.1, 0.15) is 5.58 Å². The third kappa shape index (κ3) is 4.07. The summed E-state index contributed by atoms with van der Waals surface area (Å²) >= 11 is 6.28. The topological polar surface area (TPSA) is 89.2 Å². The predicted octanol–water partition coefficient (Wildman–Crippen LogP) is 4.48. The minimum absolute atomic E-state index is 0.0176. The molecule has 0 radical (unpaired) electrons. The molecule has 3 aromatic rings. The Kier molecular flexibility index (Phi) is 6.63. The van der Waals surface area contributed by atoms with E-state index in [0.717, 1.165) is 5.56 Å². The summed E-state index contributed by atoms with van der Waals surface area (Å²) < 4.78 is 17.4. The van der Waals surface area contributed by atoms with E-state index < -0.39 is 6.04 Å².